The van der Waals surface area contributed by atoms with Gasteiger partial charge in [0.1, 0.15) is 5.52 Å². The van der Waals surface area contributed by atoms with Crippen molar-refractivity contribution < 1.29 is 4.42 Å². The number of hydrogen-bond donors (Lipinski definition) is 0. The van der Waals surface area contributed by atoms with Crippen molar-refractivity contribution in [3.63, 3.8) is 0 Å². The summed E-state index contributed by atoms with van der Waals surface area (Å²) in [7, 11) is 0. The Bertz CT molecular complexity index is 2600. The zero-order valence-corrected chi connectivity index (χ0v) is 26.3. The van der Waals surface area contributed by atoms with Crippen LogP contribution in [0.5, 0.6) is 0 Å². The van der Waals surface area contributed by atoms with Crippen LogP contribution in [0.3, 0.4) is 0 Å². The number of hydrogen-bond acceptors (Lipinski definition) is 4. The van der Waals surface area contributed by atoms with Crippen LogP contribution in [0.15, 0.2) is 162 Å². The summed E-state index contributed by atoms with van der Waals surface area (Å²) < 4.78 is 5.79. The third kappa shape index (κ3) is 4.91. The van der Waals surface area contributed by atoms with Gasteiger partial charge in [-0.05, 0) is 62.4 Å². The molecule has 48 heavy (non-hydrogen) atoms. The number of nitrogens with zero attached hydrogens (tertiary/aromatic N) is 3. The van der Waals surface area contributed by atoms with Gasteiger partial charge in [-0.1, -0.05) is 140 Å². The first-order chi connectivity index (χ1) is 23.7. The Morgan fingerprint density at radius 2 is 1.10 bits per heavy atom. The molecule has 0 saturated heterocycles. The number of rotatable bonds is 5. The van der Waals surface area contributed by atoms with Gasteiger partial charge < -0.3 is 4.42 Å². The van der Waals surface area contributed by atoms with Gasteiger partial charge in [-0.15, -0.1) is 0 Å². The number of para-hydroxylation sites is 1. The van der Waals surface area contributed by atoms with Gasteiger partial charge in [0.25, 0.3) is 0 Å². The van der Waals surface area contributed by atoms with Crippen LogP contribution in [-0.2, 0) is 0 Å². The topological polar surface area (TPSA) is 51.8 Å². The Kier molecular flexibility index (Phi) is 6.65. The highest BCUT2D eigenvalue weighted by Gasteiger charge is 2.15. The van der Waals surface area contributed by atoms with E-state index < -0.39 is 0 Å². The highest BCUT2D eigenvalue weighted by Crippen LogP contribution is 2.40. The van der Waals surface area contributed by atoms with Crippen molar-refractivity contribution >= 4 is 32.8 Å². The van der Waals surface area contributed by atoms with E-state index in [-0.39, 0.29) is 0 Å². The second-order valence-electron chi connectivity index (χ2n) is 12.1. The molecule has 0 amide bonds. The smallest absolute Gasteiger partial charge is 0.192 e. The molecule has 226 valence electrons. The highest BCUT2D eigenvalue weighted by molar-refractivity contribution is 6.04. The average molecular weight is 616 g/mol. The van der Waals surface area contributed by atoms with Gasteiger partial charge >= 0.3 is 0 Å². The Morgan fingerprint density at radius 1 is 0.438 bits per heavy atom. The van der Waals surface area contributed by atoms with Gasteiger partial charge in [-0.2, -0.15) is 0 Å². The van der Waals surface area contributed by atoms with Crippen LogP contribution in [0, 0.1) is 6.92 Å². The Balaban J connectivity index is 1.12. The molecule has 0 N–H and O–H groups in total. The van der Waals surface area contributed by atoms with E-state index in [1.54, 1.807) is 0 Å². The van der Waals surface area contributed by atoms with E-state index in [0.717, 1.165) is 61.1 Å². The van der Waals surface area contributed by atoms with E-state index in [2.05, 4.69) is 126 Å². The number of aromatic nitrogens is 3. The Labute approximate surface area is 278 Å². The molecule has 2 aromatic heterocycles. The summed E-state index contributed by atoms with van der Waals surface area (Å²) in [4.78, 5) is 14.5. The van der Waals surface area contributed by atoms with Crippen LogP contribution < -0.4 is 0 Å². The molecule has 9 aromatic rings. The van der Waals surface area contributed by atoms with Crippen LogP contribution in [0.2, 0.25) is 0 Å². The predicted octanol–water partition coefficient (Wildman–Crippen LogP) is 11.6. The van der Waals surface area contributed by atoms with Crippen molar-refractivity contribution in [2.24, 2.45) is 0 Å². The number of fused-ring (bicyclic) bond motifs is 3. The Hall–Kier alpha value is -6.39. The van der Waals surface area contributed by atoms with Crippen molar-refractivity contribution in [1.82, 2.24) is 15.0 Å². The van der Waals surface area contributed by atoms with Gasteiger partial charge in [0, 0.05) is 23.4 Å². The number of benzene rings is 7. The van der Waals surface area contributed by atoms with E-state index >= 15 is 0 Å². The minimum absolute atomic E-state index is 0.677. The molecule has 0 unspecified atom stereocenters. The largest absolute Gasteiger partial charge is 0.441 e. The molecule has 4 nitrogen and oxygen atoms in total. The molecule has 0 atom stereocenters. The first-order valence-electron chi connectivity index (χ1n) is 16.1. The normalized spacial score (nSPS) is 11.4. The fourth-order valence-electron chi connectivity index (χ4n) is 6.69. The van der Waals surface area contributed by atoms with Crippen molar-refractivity contribution in [2.45, 2.75) is 6.92 Å². The lowest BCUT2D eigenvalue weighted by Crippen LogP contribution is -1.95. The summed E-state index contributed by atoms with van der Waals surface area (Å²) in [6, 6.07) is 55.3. The van der Waals surface area contributed by atoms with Gasteiger partial charge in [-0.3, -0.25) is 0 Å². The zero-order chi connectivity index (χ0) is 32.0. The third-order valence-electron chi connectivity index (χ3n) is 9.04. The predicted molar refractivity (Wildman–Crippen MR) is 197 cm³/mol. The fraction of sp³-hybridized carbons (Fsp3) is 0.0227. The fourth-order valence-corrected chi connectivity index (χ4v) is 6.69. The van der Waals surface area contributed by atoms with E-state index in [1.165, 1.54) is 21.9 Å². The molecule has 7 aromatic carbocycles. The lowest BCUT2D eigenvalue weighted by Gasteiger charge is -2.15. The van der Waals surface area contributed by atoms with Gasteiger partial charge in [0.15, 0.2) is 17.3 Å². The van der Waals surface area contributed by atoms with E-state index in [9.17, 15) is 0 Å². The molecule has 4 heteroatoms. The lowest BCUT2D eigenvalue weighted by molar-refractivity contribution is 0.561. The maximum absolute atomic E-state index is 5.79. The number of oxazole rings is 1. The molecular weight excluding hydrogens is 587 g/mol. The molecule has 0 fully saturated rings. The summed E-state index contributed by atoms with van der Waals surface area (Å²) in [5.74, 6) is 1.39. The van der Waals surface area contributed by atoms with Crippen molar-refractivity contribution in [2.75, 3.05) is 0 Å². The summed E-state index contributed by atoms with van der Waals surface area (Å²) in [5, 5.41) is 3.47. The van der Waals surface area contributed by atoms with Crippen LogP contribution in [0.4, 0.5) is 0 Å². The zero-order valence-electron chi connectivity index (χ0n) is 26.3. The standard InChI is InChI=1S/C44H29N3O/c1-28-45-40-26-24-35(27-41(40)48-28)29-15-17-31(18-16-29)37-25-23-30-9-5-6-12-36(30)42(37)32-19-21-34(22-20-32)44-46-39-14-8-7-13-38(39)43(47-44)33-10-3-2-4-11-33/h2-27H,1H3. The van der Waals surface area contributed by atoms with Crippen molar-refractivity contribution in [3.05, 3.63) is 164 Å². The van der Waals surface area contributed by atoms with Crippen LogP contribution in [0.1, 0.15) is 5.89 Å². The minimum Gasteiger partial charge on any atom is -0.441 e. The molecule has 0 aliphatic heterocycles. The molecular formula is C44H29N3O. The molecule has 0 aliphatic carbocycles. The monoisotopic (exact) mass is 615 g/mol. The van der Waals surface area contributed by atoms with Gasteiger partial charge in [0.05, 0.1) is 11.2 Å². The average Bonchev–Trinajstić information content (AvgIpc) is 3.54. The molecule has 2 heterocycles. The molecule has 0 aliphatic rings. The minimum atomic E-state index is 0.677. The molecule has 0 saturated carbocycles. The summed E-state index contributed by atoms with van der Waals surface area (Å²) >= 11 is 0. The second kappa shape index (κ2) is 11.4. The van der Waals surface area contributed by atoms with Crippen molar-refractivity contribution in [1.29, 1.82) is 0 Å². The van der Waals surface area contributed by atoms with Gasteiger partial charge in [-0.25, -0.2) is 15.0 Å². The second-order valence-corrected chi connectivity index (χ2v) is 12.1. The molecule has 0 spiro atoms. The van der Waals surface area contributed by atoms with E-state index in [0.29, 0.717) is 11.7 Å². The molecule has 0 bridgehead atoms. The van der Waals surface area contributed by atoms with E-state index in [4.69, 9.17) is 14.4 Å². The molecule has 9 rings (SSSR count). The van der Waals surface area contributed by atoms with Crippen molar-refractivity contribution in [3.8, 4) is 56.0 Å². The lowest BCUT2D eigenvalue weighted by atomic mass is 9.89. The first-order valence-corrected chi connectivity index (χ1v) is 16.1. The maximum atomic E-state index is 5.79. The van der Waals surface area contributed by atoms with Crippen LogP contribution in [0.25, 0.3) is 88.8 Å². The quantitative estimate of drug-likeness (QED) is 0.193. The molecule has 0 radical (unpaired) electrons. The van der Waals surface area contributed by atoms with E-state index in [1.807, 2.05) is 43.3 Å². The number of aryl methyl sites for hydroxylation is 1. The maximum Gasteiger partial charge on any atom is 0.192 e. The summed E-state index contributed by atoms with van der Waals surface area (Å²) in [6.07, 6.45) is 0. The summed E-state index contributed by atoms with van der Waals surface area (Å²) in [5.41, 5.74) is 12.5. The Morgan fingerprint density at radius 3 is 1.94 bits per heavy atom. The van der Waals surface area contributed by atoms with Crippen LogP contribution >= 0.6 is 0 Å². The highest BCUT2D eigenvalue weighted by atomic mass is 16.3. The third-order valence-corrected chi connectivity index (χ3v) is 9.04. The first kappa shape index (κ1) is 27.9. The van der Waals surface area contributed by atoms with Gasteiger partial charge in [0.2, 0.25) is 0 Å². The van der Waals surface area contributed by atoms with Crippen LogP contribution in [-0.4, -0.2) is 15.0 Å². The SMILES string of the molecule is Cc1nc2ccc(-c3ccc(-c4ccc5ccccc5c4-c4ccc(-c5nc(-c6ccccc6)c6ccccc6n5)cc4)cc3)cc2o1. The summed E-state index contributed by atoms with van der Waals surface area (Å²) in [6.45, 7) is 1.88.